The highest BCUT2D eigenvalue weighted by molar-refractivity contribution is 5.96. The summed E-state index contributed by atoms with van der Waals surface area (Å²) in [5.41, 5.74) is 2.42. The molecule has 2 N–H and O–H groups in total. The fourth-order valence-corrected chi connectivity index (χ4v) is 4.02. The molecule has 0 spiro atoms. The van der Waals surface area contributed by atoms with Crippen molar-refractivity contribution in [1.82, 2.24) is 25.5 Å². The standard InChI is InChI=1S/C24H29N5O2/c1-16-5-3-4-6-20(16)28-23(30)22-17(2)26-15-21(27-22)18-7-9-19(10-8-18)24(31)29-13-11-25-12-14-29/h3-7,9-10,15-16,18,20,25H,8,11-14H2,1-2H3,(H,28,30). The molecular weight excluding hydrogens is 390 g/mol. The maximum atomic E-state index is 12.9. The number of aryl methyl sites for hydroxylation is 1. The predicted octanol–water partition coefficient (Wildman–Crippen LogP) is 2.05. The first-order valence-electron chi connectivity index (χ1n) is 10.9. The third-order valence-corrected chi connectivity index (χ3v) is 6.03. The number of piperazine rings is 1. The maximum absolute atomic E-state index is 12.9. The maximum Gasteiger partial charge on any atom is 0.272 e. The van der Waals surface area contributed by atoms with Crippen LogP contribution in [0.15, 0.2) is 54.3 Å². The van der Waals surface area contributed by atoms with Gasteiger partial charge in [0.2, 0.25) is 0 Å². The molecule has 1 aromatic heterocycles. The Hall–Kier alpha value is -3.06. The van der Waals surface area contributed by atoms with Gasteiger partial charge in [0.15, 0.2) is 0 Å². The van der Waals surface area contributed by atoms with Gasteiger partial charge < -0.3 is 15.5 Å². The smallest absolute Gasteiger partial charge is 0.272 e. The molecule has 0 aromatic carbocycles. The minimum Gasteiger partial charge on any atom is -0.344 e. The van der Waals surface area contributed by atoms with E-state index in [1.165, 1.54) is 0 Å². The predicted molar refractivity (Wildman–Crippen MR) is 119 cm³/mol. The normalized spacial score (nSPS) is 25.3. The quantitative estimate of drug-likeness (QED) is 0.780. The Morgan fingerprint density at radius 3 is 2.65 bits per heavy atom. The van der Waals surface area contributed by atoms with E-state index in [0.717, 1.165) is 37.4 Å². The second-order valence-electron chi connectivity index (χ2n) is 8.26. The topological polar surface area (TPSA) is 87.2 Å². The molecule has 7 nitrogen and oxygen atoms in total. The van der Waals surface area contributed by atoms with E-state index in [0.29, 0.717) is 17.8 Å². The number of carbonyl (C=O) groups excluding carboxylic acids is 2. The highest BCUT2D eigenvalue weighted by Crippen LogP contribution is 2.26. The van der Waals surface area contributed by atoms with Gasteiger partial charge in [-0.05, 0) is 19.3 Å². The van der Waals surface area contributed by atoms with Crippen LogP contribution in [0.5, 0.6) is 0 Å². The Morgan fingerprint density at radius 1 is 1.16 bits per heavy atom. The van der Waals surface area contributed by atoms with Crippen LogP contribution in [0.2, 0.25) is 0 Å². The number of carbonyl (C=O) groups is 2. The lowest BCUT2D eigenvalue weighted by Crippen LogP contribution is -2.46. The number of nitrogens with zero attached hydrogens (tertiary/aromatic N) is 3. The molecule has 2 amide bonds. The van der Waals surface area contributed by atoms with E-state index in [1.54, 1.807) is 13.1 Å². The van der Waals surface area contributed by atoms with E-state index in [-0.39, 0.29) is 29.7 Å². The second-order valence-corrected chi connectivity index (χ2v) is 8.26. The third-order valence-electron chi connectivity index (χ3n) is 6.03. The first-order valence-corrected chi connectivity index (χ1v) is 10.9. The van der Waals surface area contributed by atoms with Gasteiger partial charge in [-0.1, -0.05) is 49.5 Å². The van der Waals surface area contributed by atoms with Crippen molar-refractivity contribution in [3.63, 3.8) is 0 Å². The van der Waals surface area contributed by atoms with Crippen LogP contribution >= 0.6 is 0 Å². The van der Waals surface area contributed by atoms with Crippen molar-refractivity contribution in [2.45, 2.75) is 32.2 Å². The first kappa shape index (κ1) is 21.2. The van der Waals surface area contributed by atoms with Crippen LogP contribution in [-0.2, 0) is 4.79 Å². The van der Waals surface area contributed by atoms with Gasteiger partial charge in [0.25, 0.3) is 11.8 Å². The van der Waals surface area contributed by atoms with Gasteiger partial charge in [0, 0.05) is 43.9 Å². The van der Waals surface area contributed by atoms with Crippen molar-refractivity contribution in [2.75, 3.05) is 26.2 Å². The third kappa shape index (κ3) is 4.82. The fourth-order valence-electron chi connectivity index (χ4n) is 4.02. The Balaban J connectivity index is 1.44. The Morgan fingerprint density at radius 2 is 1.94 bits per heavy atom. The van der Waals surface area contributed by atoms with Crippen LogP contribution < -0.4 is 10.6 Å². The highest BCUT2D eigenvalue weighted by atomic mass is 16.2. The van der Waals surface area contributed by atoms with Crippen LogP contribution in [0.4, 0.5) is 0 Å². The summed E-state index contributed by atoms with van der Waals surface area (Å²) in [6, 6.07) is -0.0570. The molecule has 7 heteroatoms. The lowest BCUT2D eigenvalue weighted by atomic mass is 9.93. The molecule has 4 rings (SSSR count). The van der Waals surface area contributed by atoms with E-state index in [2.05, 4.69) is 33.6 Å². The van der Waals surface area contributed by atoms with Crippen LogP contribution in [0.25, 0.3) is 0 Å². The van der Waals surface area contributed by atoms with E-state index >= 15 is 0 Å². The van der Waals surface area contributed by atoms with Crippen molar-refractivity contribution >= 4 is 11.8 Å². The van der Waals surface area contributed by atoms with Crippen molar-refractivity contribution in [3.05, 3.63) is 71.4 Å². The highest BCUT2D eigenvalue weighted by Gasteiger charge is 2.24. The second kappa shape index (κ2) is 9.39. The molecule has 3 unspecified atom stereocenters. The number of nitrogens with one attached hydrogen (secondary N) is 2. The number of amides is 2. The summed E-state index contributed by atoms with van der Waals surface area (Å²) in [5, 5.41) is 6.31. The molecule has 2 heterocycles. The molecule has 1 aromatic rings. The summed E-state index contributed by atoms with van der Waals surface area (Å²) >= 11 is 0. The average molecular weight is 420 g/mol. The molecule has 2 aliphatic carbocycles. The number of rotatable bonds is 4. The summed E-state index contributed by atoms with van der Waals surface area (Å²) in [6.45, 7) is 7.01. The van der Waals surface area contributed by atoms with Crippen molar-refractivity contribution in [2.24, 2.45) is 5.92 Å². The molecule has 3 aliphatic rings. The van der Waals surface area contributed by atoms with Gasteiger partial charge >= 0.3 is 0 Å². The average Bonchev–Trinajstić information content (AvgIpc) is 2.81. The summed E-state index contributed by atoms with van der Waals surface area (Å²) in [6.07, 6.45) is 16.2. The zero-order chi connectivity index (χ0) is 21.8. The van der Waals surface area contributed by atoms with Gasteiger partial charge in [-0.15, -0.1) is 0 Å². The number of allylic oxidation sites excluding steroid dienone is 4. The number of hydrogen-bond donors (Lipinski definition) is 2. The molecule has 0 radical (unpaired) electrons. The number of hydrogen-bond acceptors (Lipinski definition) is 5. The SMILES string of the molecule is Cc1ncc(C2C=CC(C(=O)N3CCNCC3)=CC2)nc1C(=O)NC1C=CC=CC1C. The summed E-state index contributed by atoms with van der Waals surface area (Å²) < 4.78 is 0. The summed E-state index contributed by atoms with van der Waals surface area (Å²) in [7, 11) is 0. The largest absolute Gasteiger partial charge is 0.344 e. The lowest BCUT2D eigenvalue weighted by Gasteiger charge is -2.28. The fraction of sp³-hybridized carbons (Fsp3) is 0.417. The lowest BCUT2D eigenvalue weighted by molar-refractivity contribution is -0.127. The van der Waals surface area contributed by atoms with Gasteiger partial charge in [0.05, 0.1) is 17.4 Å². The van der Waals surface area contributed by atoms with Crippen molar-refractivity contribution in [1.29, 1.82) is 0 Å². The van der Waals surface area contributed by atoms with Crippen LogP contribution in [0.1, 0.15) is 41.1 Å². The number of aromatic nitrogens is 2. The summed E-state index contributed by atoms with van der Waals surface area (Å²) in [4.78, 5) is 36.5. The van der Waals surface area contributed by atoms with Gasteiger partial charge in [-0.25, -0.2) is 4.98 Å². The molecule has 1 aliphatic heterocycles. The molecule has 0 saturated carbocycles. The van der Waals surface area contributed by atoms with Gasteiger partial charge in [-0.2, -0.15) is 0 Å². The van der Waals surface area contributed by atoms with Crippen LogP contribution in [0.3, 0.4) is 0 Å². The minimum atomic E-state index is -0.214. The Labute approximate surface area is 183 Å². The molecular formula is C24H29N5O2. The van der Waals surface area contributed by atoms with E-state index in [4.69, 9.17) is 0 Å². The molecule has 31 heavy (non-hydrogen) atoms. The van der Waals surface area contributed by atoms with E-state index < -0.39 is 0 Å². The van der Waals surface area contributed by atoms with Crippen LogP contribution in [0, 0.1) is 12.8 Å². The Kier molecular flexibility index (Phi) is 6.42. The minimum absolute atomic E-state index is 0.00402. The van der Waals surface area contributed by atoms with Crippen LogP contribution in [-0.4, -0.2) is 58.9 Å². The van der Waals surface area contributed by atoms with Gasteiger partial charge in [0.1, 0.15) is 5.69 Å². The van der Waals surface area contributed by atoms with Crippen molar-refractivity contribution < 1.29 is 9.59 Å². The van der Waals surface area contributed by atoms with E-state index in [1.807, 2.05) is 41.4 Å². The molecule has 0 bridgehead atoms. The van der Waals surface area contributed by atoms with Gasteiger partial charge in [-0.3, -0.25) is 14.6 Å². The monoisotopic (exact) mass is 419 g/mol. The Bertz CT molecular complexity index is 972. The zero-order valence-electron chi connectivity index (χ0n) is 18.0. The molecule has 162 valence electrons. The zero-order valence-corrected chi connectivity index (χ0v) is 18.0. The molecule has 1 saturated heterocycles. The van der Waals surface area contributed by atoms with E-state index in [9.17, 15) is 9.59 Å². The molecule has 3 atom stereocenters. The van der Waals surface area contributed by atoms with Crippen molar-refractivity contribution in [3.8, 4) is 0 Å². The first-order chi connectivity index (χ1) is 15.0. The molecule has 1 fully saturated rings. The summed E-state index contributed by atoms with van der Waals surface area (Å²) in [5.74, 6) is 0.0858.